The monoisotopic (exact) mass is 257 g/mol. The molecule has 0 bridgehead atoms. The number of aromatic nitrogens is 1. The number of halogens is 2. The lowest BCUT2D eigenvalue weighted by Crippen LogP contribution is -1.99. The summed E-state index contributed by atoms with van der Waals surface area (Å²) in [6.45, 7) is 0. The fourth-order valence-corrected chi connectivity index (χ4v) is 1.79. The second-order valence-electron chi connectivity index (χ2n) is 3.08. The number of nitrogens with zero attached hydrogens (tertiary/aromatic N) is 1. The maximum atomic E-state index is 11.0. The number of carboxylic acids is 1. The van der Waals surface area contributed by atoms with Crippen LogP contribution in [-0.2, 0) is 0 Å². The SMILES string of the molecule is O=C(O)c1c(O)cnc2c(Cl)c(Cl)ccc12. The summed E-state index contributed by atoms with van der Waals surface area (Å²) in [4.78, 5) is 14.8. The van der Waals surface area contributed by atoms with Crippen LogP contribution in [0.4, 0.5) is 0 Å². The van der Waals surface area contributed by atoms with Crippen molar-refractivity contribution in [2.75, 3.05) is 0 Å². The van der Waals surface area contributed by atoms with Gasteiger partial charge in [0.25, 0.3) is 0 Å². The van der Waals surface area contributed by atoms with E-state index in [0.717, 1.165) is 6.20 Å². The minimum Gasteiger partial charge on any atom is -0.505 e. The molecule has 0 radical (unpaired) electrons. The zero-order chi connectivity index (χ0) is 11.9. The van der Waals surface area contributed by atoms with E-state index in [2.05, 4.69) is 4.98 Å². The Labute approximate surface area is 100 Å². The molecule has 1 aromatic carbocycles. The third-order valence-corrected chi connectivity index (χ3v) is 2.92. The van der Waals surface area contributed by atoms with E-state index >= 15 is 0 Å². The molecule has 0 saturated carbocycles. The van der Waals surface area contributed by atoms with Crippen molar-refractivity contribution in [3.63, 3.8) is 0 Å². The van der Waals surface area contributed by atoms with Gasteiger partial charge in [0.15, 0.2) is 0 Å². The fourth-order valence-electron chi connectivity index (χ4n) is 1.42. The van der Waals surface area contributed by atoms with Crippen molar-refractivity contribution in [3.8, 4) is 5.75 Å². The number of carbonyl (C=O) groups is 1. The van der Waals surface area contributed by atoms with Gasteiger partial charge in [-0.2, -0.15) is 0 Å². The molecule has 0 atom stereocenters. The predicted octanol–water partition coefficient (Wildman–Crippen LogP) is 2.95. The lowest BCUT2D eigenvalue weighted by Gasteiger charge is -2.06. The lowest BCUT2D eigenvalue weighted by atomic mass is 10.1. The van der Waals surface area contributed by atoms with Crippen molar-refractivity contribution < 1.29 is 15.0 Å². The summed E-state index contributed by atoms with van der Waals surface area (Å²) in [6.07, 6.45) is 1.04. The number of rotatable bonds is 1. The van der Waals surface area contributed by atoms with Crippen LogP contribution >= 0.6 is 23.2 Å². The molecule has 16 heavy (non-hydrogen) atoms. The van der Waals surface area contributed by atoms with Gasteiger partial charge in [-0.3, -0.25) is 4.98 Å². The van der Waals surface area contributed by atoms with E-state index in [-0.39, 0.29) is 26.5 Å². The summed E-state index contributed by atoms with van der Waals surface area (Å²) >= 11 is 11.7. The summed E-state index contributed by atoms with van der Waals surface area (Å²) in [5.41, 5.74) is 0.0212. The molecule has 0 aliphatic heterocycles. The van der Waals surface area contributed by atoms with Crippen LogP contribution in [0.2, 0.25) is 10.0 Å². The molecule has 0 saturated heterocycles. The van der Waals surface area contributed by atoms with Crippen molar-refractivity contribution >= 4 is 40.1 Å². The zero-order valence-electron chi connectivity index (χ0n) is 7.74. The highest BCUT2D eigenvalue weighted by Gasteiger charge is 2.17. The Morgan fingerprint density at radius 2 is 2.00 bits per heavy atom. The average Bonchev–Trinajstić information content (AvgIpc) is 2.22. The molecule has 4 nitrogen and oxygen atoms in total. The van der Waals surface area contributed by atoms with Crippen molar-refractivity contribution in [3.05, 3.63) is 33.9 Å². The Hall–Kier alpha value is -1.52. The Morgan fingerprint density at radius 3 is 2.62 bits per heavy atom. The Morgan fingerprint density at radius 1 is 1.31 bits per heavy atom. The van der Waals surface area contributed by atoms with Crippen LogP contribution < -0.4 is 0 Å². The molecule has 2 rings (SSSR count). The number of fused-ring (bicyclic) bond motifs is 1. The fraction of sp³-hybridized carbons (Fsp3) is 0. The number of hydrogen-bond donors (Lipinski definition) is 2. The highest BCUT2D eigenvalue weighted by molar-refractivity contribution is 6.45. The van der Waals surface area contributed by atoms with Gasteiger partial charge in [0.2, 0.25) is 0 Å². The van der Waals surface area contributed by atoms with Crippen LogP contribution in [0, 0.1) is 0 Å². The number of pyridine rings is 1. The van der Waals surface area contributed by atoms with Gasteiger partial charge >= 0.3 is 5.97 Å². The molecule has 0 unspecified atom stereocenters. The van der Waals surface area contributed by atoms with Gasteiger partial charge < -0.3 is 10.2 Å². The maximum absolute atomic E-state index is 11.0. The van der Waals surface area contributed by atoms with E-state index in [1.165, 1.54) is 12.1 Å². The van der Waals surface area contributed by atoms with E-state index in [9.17, 15) is 9.90 Å². The van der Waals surface area contributed by atoms with Crippen molar-refractivity contribution in [2.24, 2.45) is 0 Å². The summed E-state index contributed by atoms with van der Waals surface area (Å²) in [6, 6.07) is 2.92. The Kier molecular flexibility index (Phi) is 2.61. The van der Waals surface area contributed by atoms with Crippen molar-refractivity contribution in [2.45, 2.75) is 0 Å². The molecule has 0 aliphatic rings. The van der Waals surface area contributed by atoms with Crippen LogP contribution in [0.15, 0.2) is 18.3 Å². The number of benzene rings is 1. The summed E-state index contributed by atoms with van der Waals surface area (Å²) in [5, 5.41) is 19.1. The first-order valence-electron chi connectivity index (χ1n) is 4.21. The van der Waals surface area contributed by atoms with Gasteiger partial charge in [-0.15, -0.1) is 0 Å². The first kappa shape index (κ1) is 11.0. The van der Waals surface area contributed by atoms with Crippen LogP contribution in [0.3, 0.4) is 0 Å². The molecule has 0 amide bonds. The summed E-state index contributed by atoms with van der Waals surface area (Å²) < 4.78 is 0. The molecular weight excluding hydrogens is 253 g/mol. The average molecular weight is 258 g/mol. The molecule has 0 fully saturated rings. The van der Waals surface area contributed by atoms with Crippen LogP contribution in [0.1, 0.15) is 10.4 Å². The van der Waals surface area contributed by atoms with E-state index < -0.39 is 11.7 Å². The molecule has 0 aliphatic carbocycles. The zero-order valence-corrected chi connectivity index (χ0v) is 9.25. The van der Waals surface area contributed by atoms with Gasteiger partial charge in [0, 0.05) is 5.39 Å². The summed E-state index contributed by atoms with van der Waals surface area (Å²) in [5.74, 6) is -1.65. The Balaban J connectivity index is 2.95. The smallest absolute Gasteiger partial charge is 0.340 e. The molecule has 2 aromatic rings. The molecular formula is C10H5Cl2NO3. The van der Waals surface area contributed by atoms with Gasteiger partial charge in [-0.1, -0.05) is 29.3 Å². The molecule has 0 spiro atoms. The highest BCUT2D eigenvalue weighted by Crippen LogP contribution is 2.33. The van der Waals surface area contributed by atoms with Gasteiger partial charge in [-0.05, 0) is 6.07 Å². The number of aromatic carboxylic acids is 1. The third-order valence-electron chi connectivity index (χ3n) is 2.12. The Bertz CT molecular complexity index is 598. The quantitative estimate of drug-likeness (QED) is 0.824. The topological polar surface area (TPSA) is 70.4 Å². The standard InChI is InChI=1S/C10H5Cl2NO3/c11-5-2-1-4-7(10(15)16)6(14)3-13-9(4)8(5)12/h1-3,14H,(H,15,16). The number of carboxylic acid groups (broad SMARTS) is 1. The van der Waals surface area contributed by atoms with Crippen LogP contribution in [-0.4, -0.2) is 21.2 Å². The molecule has 82 valence electrons. The largest absolute Gasteiger partial charge is 0.505 e. The normalized spacial score (nSPS) is 10.6. The van der Waals surface area contributed by atoms with Crippen LogP contribution in [0.25, 0.3) is 10.9 Å². The molecule has 1 aromatic heterocycles. The van der Waals surface area contributed by atoms with Gasteiger partial charge in [-0.25, -0.2) is 4.79 Å². The third kappa shape index (κ3) is 1.56. The minimum absolute atomic E-state index is 0.168. The molecule has 1 heterocycles. The minimum atomic E-state index is -1.25. The highest BCUT2D eigenvalue weighted by atomic mass is 35.5. The predicted molar refractivity (Wildman–Crippen MR) is 60.4 cm³/mol. The molecule has 6 heteroatoms. The second-order valence-corrected chi connectivity index (χ2v) is 3.87. The number of aromatic hydroxyl groups is 1. The van der Waals surface area contributed by atoms with Gasteiger partial charge in [0.05, 0.1) is 21.8 Å². The van der Waals surface area contributed by atoms with E-state index in [1.54, 1.807) is 0 Å². The van der Waals surface area contributed by atoms with Crippen LogP contribution in [0.5, 0.6) is 5.75 Å². The first-order valence-corrected chi connectivity index (χ1v) is 4.97. The number of hydrogen-bond acceptors (Lipinski definition) is 3. The lowest BCUT2D eigenvalue weighted by molar-refractivity contribution is 0.0696. The van der Waals surface area contributed by atoms with E-state index in [4.69, 9.17) is 28.3 Å². The first-order chi connectivity index (χ1) is 7.52. The van der Waals surface area contributed by atoms with E-state index in [0.29, 0.717) is 0 Å². The van der Waals surface area contributed by atoms with Crippen molar-refractivity contribution in [1.29, 1.82) is 0 Å². The molecule has 2 N–H and O–H groups in total. The maximum Gasteiger partial charge on any atom is 0.340 e. The van der Waals surface area contributed by atoms with E-state index in [1.807, 2.05) is 0 Å². The summed E-state index contributed by atoms with van der Waals surface area (Å²) in [7, 11) is 0. The van der Waals surface area contributed by atoms with Gasteiger partial charge in [0.1, 0.15) is 11.3 Å². The van der Waals surface area contributed by atoms with Crippen molar-refractivity contribution in [1.82, 2.24) is 4.98 Å². The second kappa shape index (κ2) is 3.81.